The van der Waals surface area contributed by atoms with Crippen LogP contribution in [0, 0.1) is 11.3 Å². The number of ether oxygens (including phenoxy) is 1. The van der Waals surface area contributed by atoms with Gasteiger partial charge in [-0.1, -0.05) is 17.6 Å². The molecule has 0 aliphatic carbocycles. The summed E-state index contributed by atoms with van der Waals surface area (Å²) in [5.74, 6) is 0.0612. The molecule has 0 saturated carbocycles. The van der Waals surface area contributed by atoms with Gasteiger partial charge in [-0.15, -0.1) is 0 Å². The molecular weight excluding hydrogens is 268 g/mol. The van der Waals surface area contributed by atoms with Gasteiger partial charge in [-0.05, 0) is 23.8 Å². The van der Waals surface area contributed by atoms with E-state index in [9.17, 15) is 12.9 Å². The van der Waals surface area contributed by atoms with Crippen molar-refractivity contribution in [3.8, 4) is 11.8 Å². The smallest absolute Gasteiger partial charge is 0.487 e. The van der Waals surface area contributed by atoms with Gasteiger partial charge in [0.2, 0.25) is 0 Å². The summed E-state index contributed by atoms with van der Waals surface area (Å²) >= 11 is 0. The molecule has 0 bridgehead atoms. The topological polar surface area (TPSA) is 45.9 Å². The van der Waals surface area contributed by atoms with Crippen LogP contribution in [0.1, 0.15) is 11.1 Å². The van der Waals surface area contributed by atoms with E-state index in [-0.39, 0.29) is 12.4 Å². The molecule has 0 atom stereocenters. The maximum atomic E-state index is 12.6. The van der Waals surface area contributed by atoms with Gasteiger partial charge in [-0.25, -0.2) is 0 Å². The second-order valence-electron chi connectivity index (χ2n) is 4.13. The molecule has 1 aromatic heterocycles. The molecule has 0 fully saturated rings. The molecule has 0 N–H and O–H groups in total. The summed E-state index contributed by atoms with van der Waals surface area (Å²) in [6.07, 6.45) is 2.00. The summed E-state index contributed by atoms with van der Waals surface area (Å²) in [7, 11) is 0. The zero-order valence-corrected chi connectivity index (χ0v) is 10.3. The lowest BCUT2D eigenvalue weighted by atomic mass is 9.81. The van der Waals surface area contributed by atoms with Crippen molar-refractivity contribution >= 4 is 12.4 Å². The first-order valence-corrected chi connectivity index (χ1v) is 5.76. The molecule has 20 heavy (non-hydrogen) atoms. The highest BCUT2D eigenvalue weighted by Crippen LogP contribution is 2.14. The lowest BCUT2D eigenvalue weighted by Crippen LogP contribution is -2.34. The molecule has 0 amide bonds. The quantitative estimate of drug-likeness (QED) is 0.807. The Kier molecular flexibility index (Phi) is 3.94. The van der Waals surface area contributed by atoms with Crippen LogP contribution >= 0.6 is 0 Å². The Hall–Kier alpha value is -2.49. The number of hydrogen-bond acceptors (Lipinski definition) is 3. The van der Waals surface area contributed by atoms with Crippen molar-refractivity contribution in [2.75, 3.05) is 0 Å². The highest BCUT2D eigenvalue weighted by Gasteiger charge is 2.26. The molecule has 0 unspecified atom stereocenters. The largest absolute Gasteiger partial charge is 0.511 e. The number of pyridine rings is 1. The fourth-order valence-electron chi connectivity index (χ4n) is 1.54. The van der Waals surface area contributed by atoms with Crippen LogP contribution in [0.4, 0.5) is 12.9 Å². The second kappa shape index (κ2) is 5.65. The van der Waals surface area contributed by atoms with Crippen molar-refractivity contribution < 1.29 is 17.7 Å². The van der Waals surface area contributed by atoms with Crippen molar-refractivity contribution in [1.82, 2.24) is 4.98 Å². The van der Waals surface area contributed by atoms with E-state index in [1.807, 2.05) is 6.07 Å². The van der Waals surface area contributed by atoms with Gasteiger partial charge in [0.25, 0.3) is 0 Å². The second-order valence-corrected chi connectivity index (χ2v) is 4.13. The van der Waals surface area contributed by atoms with Crippen molar-refractivity contribution in [2.45, 2.75) is 6.61 Å². The van der Waals surface area contributed by atoms with Crippen molar-refractivity contribution in [3.63, 3.8) is 0 Å². The summed E-state index contributed by atoms with van der Waals surface area (Å²) in [5, 5.41) is 8.65. The maximum Gasteiger partial charge on any atom is 0.511 e. The molecule has 0 saturated heterocycles. The summed E-state index contributed by atoms with van der Waals surface area (Å²) in [5.41, 5.74) is 0.478. The first-order valence-electron chi connectivity index (χ1n) is 5.76. The van der Waals surface area contributed by atoms with E-state index < -0.39 is 12.4 Å². The van der Waals surface area contributed by atoms with Gasteiger partial charge in [0.15, 0.2) is 0 Å². The Morgan fingerprint density at radius 2 is 1.85 bits per heavy atom. The third kappa shape index (κ3) is 3.51. The van der Waals surface area contributed by atoms with Gasteiger partial charge in [0, 0.05) is 6.20 Å². The summed E-state index contributed by atoms with van der Waals surface area (Å²) in [6, 6.07) is 9.51. The van der Waals surface area contributed by atoms with Gasteiger partial charge < -0.3 is 17.7 Å². The van der Waals surface area contributed by atoms with Gasteiger partial charge in [0.05, 0.1) is 17.8 Å². The van der Waals surface area contributed by atoms with Gasteiger partial charge in [0.1, 0.15) is 12.4 Å². The van der Waals surface area contributed by atoms with Crippen LogP contribution < -0.4 is 10.2 Å². The van der Waals surface area contributed by atoms with Crippen LogP contribution in [0.3, 0.4) is 0 Å². The van der Waals surface area contributed by atoms with Gasteiger partial charge in [-0.2, -0.15) is 5.26 Å². The van der Waals surface area contributed by atoms with Gasteiger partial charge in [-0.3, -0.25) is 4.98 Å². The van der Waals surface area contributed by atoms with Crippen LogP contribution in [-0.4, -0.2) is 12.0 Å². The Labute approximate surface area is 113 Å². The van der Waals surface area contributed by atoms with Gasteiger partial charge >= 0.3 is 6.98 Å². The number of benzene rings is 1. The lowest BCUT2D eigenvalue weighted by molar-refractivity contribution is 0.305. The number of nitrogens with zero attached hydrogens (tertiary/aromatic N) is 2. The minimum Gasteiger partial charge on any atom is -0.487 e. The Morgan fingerprint density at radius 3 is 2.45 bits per heavy atom. The minimum absolute atomic E-state index is 0.0612. The van der Waals surface area contributed by atoms with Crippen LogP contribution in [0.15, 0.2) is 42.7 Å². The molecule has 0 radical (unpaired) electrons. The number of hydrogen-bond donors (Lipinski definition) is 0. The number of nitriles is 1. The van der Waals surface area contributed by atoms with E-state index >= 15 is 0 Å². The molecule has 0 aliphatic heterocycles. The number of halogens is 3. The molecule has 1 heterocycles. The first-order chi connectivity index (χ1) is 9.49. The standard InChI is InChI=1S/C13H9BF3N2O/c15-14(16,17)12-5-13(8-19-7-12)20-9-11-3-1-10(6-18)2-4-11/h1-5,7-8H,9H2/q-1. The molecule has 0 aliphatic rings. The van der Waals surface area contributed by atoms with Crippen molar-refractivity contribution in [1.29, 1.82) is 5.26 Å². The Morgan fingerprint density at radius 1 is 1.15 bits per heavy atom. The molecule has 2 aromatic rings. The molecule has 0 spiro atoms. The normalized spacial score (nSPS) is 10.9. The fourth-order valence-corrected chi connectivity index (χ4v) is 1.54. The van der Waals surface area contributed by atoms with E-state index in [1.54, 1.807) is 24.3 Å². The molecule has 2 rings (SSSR count). The monoisotopic (exact) mass is 277 g/mol. The number of aromatic nitrogens is 1. The van der Waals surface area contributed by atoms with E-state index in [4.69, 9.17) is 10.00 Å². The fraction of sp³-hybridized carbons (Fsp3) is 0.0769. The van der Waals surface area contributed by atoms with Crippen LogP contribution in [0.25, 0.3) is 0 Å². The molecule has 7 heteroatoms. The SMILES string of the molecule is N#Cc1ccc(COc2cncc([B-](F)(F)F)c2)cc1. The maximum absolute atomic E-state index is 12.6. The lowest BCUT2D eigenvalue weighted by Gasteiger charge is -2.15. The summed E-state index contributed by atoms with van der Waals surface area (Å²) in [4.78, 5) is 3.52. The van der Waals surface area contributed by atoms with Crippen molar-refractivity contribution in [3.05, 3.63) is 53.9 Å². The third-order valence-electron chi connectivity index (χ3n) is 2.60. The van der Waals surface area contributed by atoms with Crippen LogP contribution in [0.5, 0.6) is 5.75 Å². The summed E-state index contributed by atoms with van der Waals surface area (Å²) < 4.78 is 42.9. The van der Waals surface area contributed by atoms with Crippen LogP contribution in [0.2, 0.25) is 0 Å². The first kappa shape index (κ1) is 13.9. The predicted octanol–water partition coefficient (Wildman–Crippen LogP) is 2.59. The summed E-state index contributed by atoms with van der Waals surface area (Å²) in [6.45, 7) is -4.97. The average Bonchev–Trinajstić information content (AvgIpc) is 2.45. The number of rotatable bonds is 4. The molecule has 3 nitrogen and oxygen atoms in total. The highest BCUT2D eigenvalue weighted by molar-refractivity contribution is 6.73. The zero-order valence-electron chi connectivity index (χ0n) is 10.3. The van der Waals surface area contributed by atoms with E-state index in [0.29, 0.717) is 5.56 Å². The third-order valence-corrected chi connectivity index (χ3v) is 2.60. The van der Waals surface area contributed by atoms with Crippen molar-refractivity contribution in [2.24, 2.45) is 0 Å². The predicted molar refractivity (Wildman–Crippen MR) is 68.4 cm³/mol. The molecule has 1 aromatic carbocycles. The minimum atomic E-state index is -5.08. The molecule has 102 valence electrons. The van der Waals surface area contributed by atoms with Crippen LogP contribution in [-0.2, 0) is 6.61 Å². The zero-order chi connectivity index (χ0) is 14.6. The Bertz CT molecular complexity index is 635. The van der Waals surface area contributed by atoms with E-state index in [2.05, 4.69) is 4.98 Å². The Balaban J connectivity index is 2.05. The molecular formula is C13H9BF3N2O-. The highest BCUT2D eigenvalue weighted by atomic mass is 19.4. The van der Waals surface area contributed by atoms with E-state index in [1.165, 1.54) is 6.20 Å². The van der Waals surface area contributed by atoms with E-state index in [0.717, 1.165) is 17.8 Å². The average molecular weight is 277 g/mol.